The van der Waals surface area contributed by atoms with Crippen LogP contribution in [0.2, 0.25) is 0 Å². The third-order valence-corrected chi connectivity index (χ3v) is 6.76. The molecule has 5 atom stereocenters. The lowest BCUT2D eigenvalue weighted by Gasteiger charge is -2.58. The molecule has 0 aliphatic heterocycles. The van der Waals surface area contributed by atoms with Gasteiger partial charge in [-0.3, -0.25) is 9.59 Å². The minimum Gasteiger partial charge on any atom is -0.496 e. The number of para-hydroxylation sites is 1. The van der Waals surface area contributed by atoms with Crippen LogP contribution in [-0.4, -0.2) is 35.8 Å². The van der Waals surface area contributed by atoms with Gasteiger partial charge in [-0.25, -0.2) is 0 Å². The fraction of sp³-hybridized carbons (Fsp3) is 0.636. The summed E-state index contributed by atoms with van der Waals surface area (Å²) in [5.41, 5.74) is -0.478. The predicted octanol–water partition coefficient (Wildman–Crippen LogP) is 2.57. The number of benzene rings is 1. The molecule has 0 radical (unpaired) electrons. The highest BCUT2D eigenvalue weighted by Crippen LogP contribution is 2.62. The van der Waals surface area contributed by atoms with Crippen LogP contribution in [0, 0.1) is 17.3 Å². The van der Waals surface area contributed by atoms with Crippen molar-refractivity contribution in [3.05, 3.63) is 29.8 Å². The smallest absolute Gasteiger partial charge is 0.312 e. The molecular weight excluding hydrogens is 358 g/mol. The van der Waals surface area contributed by atoms with Gasteiger partial charge in [0.2, 0.25) is 0 Å². The molecule has 152 valence electrons. The molecule has 0 spiro atoms. The third-order valence-electron chi connectivity index (χ3n) is 6.76. The first-order valence-electron chi connectivity index (χ1n) is 10.2. The van der Waals surface area contributed by atoms with Crippen molar-refractivity contribution in [2.45, 2.75) is 63.7 Å². The zero-order valence-corrected chi connectivity index (χ0v) is 16.6. The van der Waals surface area contributed by atoms with E-state index in [9.17, 15) is 14.7 Å². The Hall–Kier alpha value is -2.08. The maximum atomic E-state index is 13.0. The summed E-state index contributed by atoms with van der Waals surface area (Å²) in [4.78, 5) is 25.5. The van der Waals surface area contributed by atoms with E-state index >= 15 is 0 Å². The van der Waals surface area contributed by atoms with Crippen LogP contribution in [0.5, 0.6) is 5.75 Å². The van der Waals surface area contributed by atoms with Gasteiger partial charge < -0.3 is 19.9 Å². The lowest BCUT2D eigenvalue weighted by molar-refractivity contribution is -0.200. The monoisotopic (exact) mass is 387 g/mol. The van der Waals surface area contributed by atoms with E-state index in [0.29, 0.717) is 30.6 Å². The maximum absolute atomic E-state index is 13.0. The van der Waals surface area contributed by atoms with E-state index in [4.69, 9.17) is 9.47 Å². The van der Waals surface area contributed by atoms with Gasteiger partial charge in [0.1, 0.15) is 5.75 Å². The minimum atomic E-state index is -0.871. The first-order chi connectivity index (χ1) is 13.3. The maximum Gasteiger partial charge on any atom is 0.312 e. The molecule has 4 aliphatic carbocycles. The van der Waals surface area contributed by atoms with Crippen LogP contribution in [0.25, 0.3) is 0 Å². The quantitative estimate of drug-likeness (QED) is 0.733. The molecule has 0 saturated heterocycles. The average Bonchev–Trinajstić information content (AvgIpc) is 2.64. The van der Waals surface area contributed by atoms with Crippen LogP contribution in [0.3, 0.4) is 0 Å². The Kier molecular flexibility index (Phi) is 4.86. The van der Waals surface area contributed by atoms with E-state index in [0.717, 1.165) is 37.7 Å². The van der Waals surface area contributed by atoms with Crippen molar-refractivity contribution in [1.82, 2.24) is 5.32 Å². The number of methoxy groups -OCH3 is 1. The van der Waals surface area contributed by atoms with Crippen molar-refractivity contribution in [2.75, 3.05) is 7.11 Å². The van der Waals surface area contributed by atoms with Gasteiger partial charge in [-0.15, -0.1) is 0 Å². The molecule has 5 rings (SSSR count). The van der Waals surface area contributed by atoms with Crippen molar-refractivity contribution in [3.63, 3.8) is 0 Å². The highest BCUT2D eigenvalue weighted by molar-refractivity contribution is 5.85. The Balaban J connectivity index is 1.36. The molecule has 0 aromatic heterocycles. The van der Waals surface area contributed by atoms with Crippen LogP contribution in [0.1, 0.15) is 51.0 Å². The van der Waals surface area contributed by atoms with E-state index in [2.05, 4.69) is 5.32 Å². The van der Waals surface area contributed by atoms with Crippen molar-refractivity contribution in [1.29, 1.82) is 0 Å². The summed E-state index contributed by atoms with van der Waals surface area (Å²) in [5, 5.41) is 13.6. The largest absolute Gasteiger partial charge is 0.496 e. The summed E-state index contributed by atoms with van der Waals surface area (Å²) in [7, 11) is 1.59. The summed E-state index contributed by atoms with van der Waals surface area (Å²) in [6, 6.07) is 7.47. The topological polar surface area (TPSA) is 84.9 Å². The molecule has 6 nitrogen and oxygen atoms in total. The summed E-state index contributed by atoms with van der Waals surface area (Å²) in [6.07, 6.45) is 3.86. The second kappa shape index (κ2) is 7.07. The number of carbonyl (C=O) groups is 2. The normalized spacial score (nSPS) is 34.0. The Labute approximate surface area is 165 Å². The SMILES string of the molecule is COc1ccccc1CNC(=O)[C@H](C)OC(=O)C12C[C@@H]3C[C@@H](CC(O)(C3)C1)C2. The molecule has 28 heavy (non-hydrogen) atoms. The van der Waals surface area contributed by atoms with Gasteiger partial charge in [-0.05, 0) is 63.4 Å². The Bertz CT molecular complexity index is 762. The molecule has 6 heteroatoms. The molecule has 4 fully saturated rings. The Morgan fingerprint density at radius 2 is 1.89 bits per heavy atom. The number of ether oxygens (including phenoxy) is 2. The van der Waals surface area contributed by atoms with E-state index in [1.54, 1.807) is 14.0 Å². The lowest BCUT2D eigenvalue weighted by atomic mass is 9.48. The standard InChI is InChI=1S/C22H29NO5/c1-14(19(24)23-12-17-5-3-4-6-18(17)27-2)28-20(25)21-8-15-7-16(9-21)11-22(26,10-15)13-21/h3-6,14-16,26H,7-13H2,1-2H3,(H,23,24)/t14-,15-,16+,21?,22?/m0/s1. The fourth-order valence-corrected chi connectivity index (χ4v) is 5.97. The zero-order valence-electron chi connectivity index (χ0n) is 16.6. The molecule has 4 aliphatic rings. The fourth-order valence-electron chi connectivity index (χ4n) is 5.97. The average molecular weight is 387 g/mol. The summed E-state index contributed by atoms with van der Waals surface area (Å²) in [6.45, 7) is 1.91. The number of amides is 1. The first kappa shape index (κ1) is 19.2. The molecule has 2 unspecified atom stereocenters. The van der Waals surface area contributed by atoms with Crippen LogP contribution >= 0.6 is 0 Å². The Morgan fingerprint density at radius 1 is 1.21 bits per heavy atom. The summed E-state index contributed by atoms with van der Waals surface area (Å²) in [5.74, 6) is 0.846. The summed E-state index contributed by atoms with van der Waals surface area (Å²) < 4.78 is 10.9. The van der Waals surface area contributed by atoms with Gasteiger partial charge in [0.05, 0.1) is 18.1 Å². The zero-order chi connectivity index (χ0) is 19.9. The van der Waals surface area contributed by atoms with Gasteiger partial charge in [0, 0.05) is 12.1 Å². The number of aliphatic hydroxyl groups is 1. The number of nitrogens with one attached hydrogen (secondary N) is 1. The van der Waals surface area contributed by atoms with Crippen LogP contribution in [0.15, 0.2) is 24.3 Å². The molecule has 1 aromatic rings. The van der Waals surface area contributed by atoms with Crippen molar-refractivity contribution >= 4 is 11.9 Å². The highest BCUT2D eigenvalue weighted by Gasteiger charge is 2.61. The number of esters is 1. The molecule has 4 bridgehead atoms. The van der Waals surface area contributed by atoms with Gasteiger partial charge in [-0.2, -0.15) is 0 Å². The van der Waals surface area contributed by atoms with Crippen LogP contribution in [0.4, 0.5) is 0 Å². The van der Waals surface area contributed by atoms with Crippen molar-refractivity contribution in [2.24, 2.45) is 17.3 Å². The molecular formula is C22H29NO5. The van der Waals surface area contributed by atoms with Crippen molar-refractivity contribution < 1.29 is 24.2 Å². The number of carbonyl (C=O) groups excluding carboxylic acids is 2. The molecule has 2 N–H and O–H groups in total. The number of hydrogen-bond donors (Lipinski definition) is 2. The second-order valence-electron chi connectivity index (χ2n) is 9.04. The van der Waals surface area contributed by atoms with E-state index in [1.165, 1.54) is 0 Å². The number of rotatable bonds is 6. The summed E-state index contributed by atoms with van der Waals surface area (Å²) >= 11 is 0. The first-order valence-corrected chi connectivity index (χ1v) is 10.2. The van der Waals surface area contributed by atoms with E-state index < -0.39 is 17.1 Å². The molecule has 4 saturated carbocycles. The van der Waals surface area contributed by atoms with Gasteiger partial charge in [-0.1, -0.05) is 18.2 Å². The van der Waals surface area contributed by atoms with E-state index in [1.807, 2.05) is 24.3 Å². The van der Waals surface area contributed by atoms with Gasteiger partial charge in [0.25, 0.3) is 5.91 Å². The lowest BCUT2D eigenvalue weighted by Crippen LogP contribution is -2.59. The van der Waals surface area contributed by atoms with Crippen molar-refractivity contribution in [3.8, 4) is 5.75 Å². The molecule has 1 amide bonds. The predicted molar refractivity (Wildman–Crippen MR) is 102 cm³/mol. The van der Waals surface area contributed by atoms with Gasteiger partial charge >= 0.3 is 5.97 Å². The van der Waals surface area contributed by atoms with Crippen LogP contribution < -0.4 is 10.1 Å². The van der Waals surface area contributed by atoms with E-state index in [-0.39, 0.29) is 11.9 Å². The number of hydrogen-bond acceptors (Lipinski definition) is 5. The molecule has 1 aromatic carbocycles. The van der Waals surface area contributed by atoms with Crippen LogP contribution in [-0.2, 0) is 20.9 Å². The minimum absolute atomic E-state index is 0.305. The molecule has 0 heterocycles. The highest BCUT2D eigenvalue weighted by atomic mass is 16.5. The Morgan fingerprint density at radius 3 is 2.54 bits per heavy atom. The van der Waals surface area contributed by atoms with Gasteiger partial charge in [0.15, 0.2) is 6.10 Å². The third kappa shape index (κ3) is 3.50. The second-order valence-corrected chi connectivity index (χ2v) is 9.04.